The van der Waals surface area contributed by atoms with Gasteiger partial charge in [-0.15, -0.1) is 0 Å². The van der Waals surface area contributed by atoms with E-state index in [1.54, 1.807) is 24.3 Å². The van der Waals surface area contributed by atoms with Gasteiger partial charge in [0.05, 0.1) is 0 Å². The predicted octanol–water partition coefficient (Wildman–Crippen LogP) is 5.81. The zero-order chi connectivity index (χ0) is 22.7. The Hall–Kier alpha value is -3.93. The van der Waals surface area contributed by atoms with Crippen molar-refractivity contribution in [3.05, 3.63) is 83.7 Å². The molecule has 0 fully saturated rings. The van der Waals surface area contributed by atoms with Crippen molar-refractivity contribution in [2.75, 3.05) is 10.6 Å². The monoisotopic (exact) mass is 429 g/mol. The Morgan fingerprint density at radius 3 is 2.44 bits per heavy atom. The number of aromatic nitrogens is 1. The Bertz CT molecular complexity index is 1290. The molecule has 0 spiro atoms. The lowest BCUT2D eigenvalue weighted by atomic mass is 10.0. The van der Waals surface area contributed by atoms with Gasteiger partial charge in [0.1, 0.15) is 5.82 Å². The Balaban J connectivity index is 1.52. The first-order chi connectivity index (χ1) is 15.4. The molecule has 4 rings (SSSR count). The molecule has 3 N–H and O–H groups in total. The molecule has 6 heteroatoms. The average molecular weight is 429 g/mol. The number of amides is 2. The molecule has 1 heterocycles. The van der Waals surface area contributed by atoms with Crippen LogP contribution in [0.1, 0.15) is 24.5 Å². The summed E-state index contributed by atoms with van der Waals surface area (Å²) < 4.78 is 13.4. The Morgan fingerprint density at radius 1 is 0.969 bits per heavy atom. The van der Waals surface area contributed by atoms with Crippen molar-refractivity contribution in [1.82, 2.24) is 4.98 Å². The van der Waals surface area contributed by atoms with Gasteiger partial charge in [-0.05, 0) is 78.6 Å². The summed E-state index contributed by atoms with van der Waals surface area (Å²) in [5.41, 5.74) is 6.05. The van der Waals surface area contributed by atoms with E-state index in [0.29, 0.717) is 18.5 Å². The molecule has 3 aromatic carbocycles. The Labute approximate surface area is 185 Å². The third-order valence-corrected chi connectivity index (χ3v) is 5.37. The maximum Gasteiger partial charge on any atom is 0.224 e. The van der Waals surface area contributed by atoms with Gasteiger partial charge >= 0.3 is 0 Å². The Kier molecular flexibility index (Phi) is 6.03. The first kappa shape index (κ1) is 21.3. The molecule has 0 saturated carbocycles. The molecular formula is C26H24FN3O2. The minimum absolute atomic E-state index is 0.105. The van der Waals surface area contributed by atoms with Crippen LogP contribution < -0.4 is 10.6 Å². The minimum atomic E-state index is -0.286. The Morgan fingerprint density at radius 2 is 1.72 bits per heavy atom. The van der Waals surface area contributed by atoms with Crippen molar-refractivity contribution in [1.29, 1.82) is 0 Å². The molecule has 162 valence electrons. The summed E-state index contributed by atoms with van der Waals surface area (Å²) in [4.78, 5) is 27.3. The number of aromatic amines is 1. The van der Waals surface area contributed by atoms with E-state index in [0.717, 1.165) is 39.0 Å². The topological polar surface area (TPSA) is 74.0 Å². The summed E-state index contributed by atoms with van der Waals surface area (Å²) in [6, 6.07) is 19.7. The lowest BCUT2D eigenvalue weighted by molar-refractivity contribution is -0.116. The van der Waals surface area contributed by atoms with Crippen LogP contribution in [0.5, 0.6) is 0 Å². The average Bonchev–Trinajstić information content (AvgIpc) is 3.13. The molecule has 0 saturated heterocycles. The quantitative estimate of drug-likeness (QED) is 0.362. The van der Waals surface area contributed by atoms with Crippen LogP contribution >= 0.6 is 0 Å². The van der Waals surface area contributed by atoms with E-state index in [-0.39, 0.29) is 17.6 Å². The fraction of sp³-hybridized carbons (Fsp3) is 0.154. The molecule has 0 aliphatic heterocycles. The molecule has 32 heavy (non-hydrogen) atoms. The molecule has 1 aromatic heterocycles. The smallest absolute Gasteiger partial charge is 0.224 e. The number of benzene rings is 3. The number of aryl methyl sites for hydroxylation is 2. The van der Waals surface area contributed by atoms with Gasteiger partial charge in [0.2, 0.25) is 11.8 Å². The third-order valence-electron chi connectivity index (χ3n) is 5.37. The number of anilines is 2. The number of hydrogen-bond acceptors (Lipinski definition) is 2. The lowest BCUT2D eigenvalue weighted by Crippen LogP contribution is -2.13. The molecule has 0 unspecified atom stereocenters. The molecule has 0 radical (unpaired) electrons. The van der Waals surface area contributed by atoms with E-state index in [9.17, 15) is 14.0 Å². The number of rotatable bonds is 6. The molecule has 0 aliphatic carbocycles. The van der Waals surface area contributed by atoms with Crippen LogP contribution in [-0.2, 0) is 16.0 Å². The van der Waals surface area contributed by atoms with Crippen molar-refractivity contribution >= 4 is 34.1 Å². The summed E-state index contributed by atoms with van der Waals surface area (Å²) in [6.07, 6.45) is 0.827. The number of carbonyl (C=O) groups excluding carboxylic acids is 2. The van der Waals surface area contributed by atoms with Crippen molar-refractivity contribution < 1.29 is 14.0 Å². The number of halogens is 1. The minimum Gasteiger partial charge on any atom is -0.354 e. The molecule has 0 atom stereocenters. The van der Waals surface area contributed by atoms with E-state index in [1.807, 2.05) is 37.3 Å². The van der Waals surface area contributed by atoms with E-state index >= 15 is 0 Å². The van der Waals surface area contributed by atoms with Gasteiger partial charge in [0.25, 0.3) is 0 Å². The zero-order valence-corrected chi connectivity index (χ0v) is 18.0. The number of hydrogen-bond donors (Lipinski definition) is 3. The second-order valence-electron chi connectivity index (χ2n) is 7.79. The molecule has 0 aliphatic rings. The SMILES string of the molecule is CC(=O)Nc1ccc(NC(=O)CCc2c(-c3ccc(F)cc3)[nH]c3ccccc23)cc1C. The van der Waals surface area contributed by atoms with Crippen molar-refractivity contribution in [3.8, 4) is 11.3 Å². The summed E-state index contributed by atoms with van der Waals surface area (Å²) >= 11 is 0. The molecule has 4 aromatic rings. The number of para-hydroxylation sites is 1. The third kappa shape index (κ3) is 4.70. The van der Waals surface area contributed by atoms with Gasteiger partial charge in [-0.1, -0.05) is 18.2 Å². The molecule has 2 amide bonds. The highest BCUT2D eigenvalue weighted by Gasteiger charge is 2.15. The number of carbonyl (C=O) groups is 2. The van der Waals surface area contributed by atoms with Crippen LogP contribution in [0.4, 0.5) is 15.8 Å². The standard InChI is InChI=1S/C26H24FN3O2/c1-16-15-20(11-13-23(16)28-17(2)31)29-25(32)14-12-22-21-5-3-4-6-24(21)30-26(22)18-7-9-19(27)10-8-18/h3-11,13,15,30H,12,14H2,1-2H3,(H,28,31)(H,29,32). The van der Waals surface area contributed by atoms with Crippen molar-refractivity contribution in [2.24, 2.45) is 0 Å². The normalized spacial score (nSPS) is 10.8. The maximum absolute atomic E-state index is 13.4. The number of nitrogens with one attached hydrogen (secondary N) is 3. The van der Waals surface area contributed by atoms with E-state index < -0.39 is 0 Å². The largest absolute Gasteiger partial charge is 0.354 e. The fourth-order valence-corrected chi connectivity index (χ4v) is 3.86. The lowest BCUT2D eigenvalue weighted by Gasteiger charge is -2.11. The summed E-state index contributed by atoms with van der Waals surface area (Å²) in [7, 11) is 0. The van der Waals surface area contributed by atoms with E-state index in [4.69, 9.17) is 0 Å². The summed E-state index contributed by atoms with van der Waals surface area (Å²) in [5.74, 6) is -0.529. The van der Waals surface area contributed by atoms with Crippen LogP contribution in [-0.4, -0.2) is 16.8 Å². The maximum atomic E-state index is 13.4. The highest BCUT2D eigenvalue weighted by atomic mass is 19.1. The van der Waals surface area contributed by atoms with Crippen LogP contribution in [0, 0.1) is 12.7 Å². The summed E-state index contributed by atoms with van der Waals surface area (Å²) in [6.45, 7) is 3.34. The number of fused-ring (bicyclic) bond motifs is 1. The van der Waals surface area contributed by atoms with Crippen molar-refractivity contribution in [2.45, 2.75) is 26.7 Å². The molecular weight excluding hydrogens is 405 g/mol. The van der Waals surface area contributed by atoms with E-state index in [1.165, 1.54) is 19.1 Å². The van der Waals surface area contributed by atoms with Gasteiger partial charge in [0, 0.05) is 41.3 Å². The van der Waals surface area contributed by atoms with Gasteiger partial charge in [0.15, 0.2) is 0 Å². The fourth-order valence-electron chi connectivity index (χ4n) is 3.86. The van der Waals surface area contributed by atoms with Crippen LogP contribution in [0.25, 0.3) is 22.2 Å². The highest BCUT2D eigenvalue weighted by Crippen LogP contribution is 2.31. The molecule has 5 nitrogen and oxygen atoms in total. The van der Waals surface area contributed by atoms with Gasteiger partial charge in [-0.3, -0.25) is 9.59 Å². The van der Waals surface area contributed by atoms with Crippen molar-refractivity contribution in [3.63, 3.8) is 0 Å². The number of H-pyrrole nitrogens is 1. The van der Waals surface area contributed by atoms with Gasteiger partial charge < -0.3 is 15.6 Å². The first-order valence-electron chi connectivity index (χ1n) is 10.4. The molecule has 0 bridgehead atoms. The summed E-state index contributed by atoms with van der Waals surface area (Å²) in [5, 5.41) is 6.74. The first-order valence-corrected chi connectivity index (χ1v) is 10.4. The second kappa shape index (κ2) is 9.06. The second-order valence-corrected chi connectivity index (χ2v) is 7.79. The van der Waals surface area contributed by atoms with E-state index in [2.05, 4.69) is 15.6 Å². The van der Waals surface area contributed by atoms with Crippen LogP contribution in [0.2, 0.25) is 0 Å². The van der Waals surface area contributed by atoms with Crippen LogP contribution in [0.3, 0.4) is 0 Å². The highest BCUT2D eigenvalue weighted by molar-refractivity contribution is 5.95. The van der Waals surface area contributed by atoms with Gasteiger partial charge in [-0.25, -0.2) is 4.39 Å². The zero-order valence-electron chi connectivity index (χ0n) is 18.0. The van der Waals surface area contributed by atoms with Gasteiger partial charge in [-0.2, -0.15) is 0 Å². The van der Waals surface area contributed by atoms with Crippen LogP contribution in [0.15, 0.2) is 66.7 Å². The predicted molar refractivity (Wildman–Crippen MR) is 126 cm³/mol.